The zero-order chi connectivity index (χ0) is 23.0. The molecular formula is C23H27NO6S. The molecule has 3 rings (SSSR count). The van der Waals surface area contributed by atoms with Crippen LogP contribution in [-0.4, -0.2) is 53.9 Å². The van der Waals surface area contributed by atoms with Crippen LogP contribution in [-0.2, 0) is 4.74 Å². The minimum Gasteiger partial charge on any atom is -0.478 e. The lowest BCUT2D eigenvalue weighted by atomic mass is 9.97. The zero-order valence-electron chi connectivity index (χ0n) is 17.8. The molecule has 2 aromatic rings. The fraction of sp³-hybridized carbons (Fsp3) is 0.348. The van der Waals surface area contributed by atoms with E-state index in [2.05, 4.69) is 11.4 Å². The van der Waals surface area contributed by atoms with Gasteiger partial charge in [0.2, 0.25) is 0 Å². The molecule has 0 amide bonds. The van der Waals surface area contributed by atoms with Gasteiger partial charge in [-0.05, 0) is 54.6 Å². The summed E-state index contributed by atoms with van der Waals surface area (Å²) in [6.07, 6.45) is 2.57. The van der Waals surface area contributed by atoms with Crippen molar-refractivity contribution in [1.82, 2.24) is 5.32 Å². The van der Waals surface area contributed by atoms with Crippen molar-refractivity contribution in [2.75, 3.05) is 26.0 Å². The van der Waals surface area contributed by atoms with Gasteiger partial charge in [0.05, 0.1) is 23.8 Å². The normalized spacial score (nSPS) is 15.5. The van der Waals surface area contributed by atoms with Crippen molar-refractivity contribution in [3.05, 3.63) is 64.2 Å². The molecule has 1 heterocycles. The molecule has 0 radical (unpaired) electrons. The summed E-state index contributed by atoms with van der Waals surface area (Å²) in [5.41, 5.74) is 2.17. The summed E-state index contributed by atoms with van der Waals surface area (Å²) < 4.78 is 5.77. The largest absolute Gasteiger partial charge is 0.478 e. The molecule has 2 aromatic carbocycles. The Balaban J connectivity index is 0.000000233. The van der Waals surface area contributed by atoms with E-state index in [-0.39, 0.29) is 28.6 Å². The SMILES string of the molecule is CCC(=O)c1ccc(SC)cc1C1CNCCO1.Cc1c(C(=O)O)cccc1C(=O)O. The van der Waals surface area contributed by atoms with Crippen molar-refractivity contribution in [2.24, 2.45) is 0 Å². The number of Topliss-reactive ketones (excluding diaryl/α,β-unsaturated/α-hetero) is 1. The van der Waals surface area contributed by atoms with E-state index in [0.717, 1.165) is 24.2 Å². The fourth-order valence-corrected chi connectivity index (χ4v) is 3.69. The average Bonchev–Trinajstić information content (AvgIpc) is 2.78. The van der Waals surface area contributed by atoms with Crippen LogP contribution in [0.4, 0.5) is 0 Å². The molecule has 0 spiro atoms. The van der Waals surface area contributed by atoms with Crippen molar-refractivity contribution in [2.45, 2.75) is 31.3 Å². The topological polar surface area (TPSA) is 113 Å². The Morgan fingerprint density at radius 1 is 1.10 bits per heavy atom. The number of hydrogen-bond donors (Lipinski definition) is 3. The number of benzene rings is 2. The van der Waals surface area contributed by atoms with E-state index in [9.17, 15) is 14.4 Å². The van der Waals surface area contributed by atoms with E-state index in [4.69, 9.17) is 14.9 Å². The highest BCUT2D eigenvalue weighted by atomic mass is 32.2. The fourth-order valence-electron chi connectivity index (χ4n) is 3.24. The Bertz CT molecular complexity index is 921. The average molecular weight is 446 g/mol. The van der Waals surface area contributed by atoms with Crippen molar-refractivity contribution >= 4 is 29.5 Å². The molecule has 8 heteroatoms. The van der Waals surface area contributed by atoms with Gasteiger partial charge in [-0.25, -0.2) is 9.59 Å². The summed E-state index contributed by atoms with van der Waals surface area (Å²) in [5.74, 6) is -2.03. The van der Waals surface area contributed by atoms with Gasteiger partial charge >= 0.3 is 11.9 Å². The second-order valence-corrected chi connectivity index (χ2v) is 7.76. The van der Waals surface area contributed by atoms with Crippen LogP contribution in [0.25, 0.3) is 0 Å². The molecular weight excluding hydrogens is 418 g/mol. The minimum atomic E-state index is -1.11. The first-order chi connectivity index (χ1) is 14.8. The number of thioether (sulfide) groups is 1. The smallest absolute Gasteiger partial charge is 0.335 e. The lowest BCUT2D eigenvalue weighted by Crippen LogP contribution is -2.34. The second kappa shape index (κ2) is 11.6. The molecule has 31 heavy (non-hydrogen) atoms. The van der Waals surface area contributed by atoms with E-state index < -0.39 is 11.9 Å². The number of rotatable bonds is 6. The third kappa shape index (κ3) is 6.40. The summed E-state index contributed by atoms with van der Waals surface area (Å²) in [4.78, 5) is 34.4. The first-order valence-electron chi connectivity index (χ1n) is 9.89. The predicted octanol–water partition coefficient (Wildman–Crippen LogP) is 4.05. The van der Waals surface area contributed by atoms with Crippen molar-refractivity contribution in [1.29, 1.82) is 0 Å². The number of ether oxygens (including phenoxy) is 1. The van der Waals surface area contributed by atoms with Gasteiger partial charge < -0.3 is 20.3 Å². The molecule has 0 bridgehead atoms. The highest BCUT2D eigenvalue weighted by Crippen LogP contribution is 2.28. The number of carbonyl (C=O) groups excluding carboxylic acids is 1. The number of carboxylic acids is 2. The third-order valence-electron chi connectivity index (χ3n) is 4.95. The number of nitrogens with one attached hydrogen (secondary N) is 1. The van der Waals surface area contributed by atoms with Crippen molar-refractivity contribution in [3.63, 3.8) is 0 Å². The molecule has 1 aliphatic rings. The van der Waals surface area contributed by atoms with Gasteiger partial charge in [0, 0.05) is 30.0 Å². The Labute approximate surface area is 185 Å². The molecule has 0 aromatic heterocycles. The Morgan fingerprint density at radius 2 is 1.74 bits per heavy atom. The molecule has 0 saturated carbocycles. The van der Waals surface area contributed by atoms with Crippen LogP contribution in [0.2, 0.25) is 0 Å². The van der Waals surface area contributed by atoms with Gasteiger partial charge in [-0.1, -0.05) is 13.0 Å². The first kappa shape index (κ1) is 24.6. The predicted molar refractivity (Wildman–Crippen MR) is 120 cm³/mol. The molecule has 1 saturated heterocycles. The Hall–Kier alpha value is -2.68. The summed E-state index contributed by atoms with van der Waals surface area (Å²) in [7, 11) is 0. The lowest BCUT2D eigenvalue weighted by Gasteiger charge is -2.26. The molecule has 1 unspecified atom stereocenters. The van der Waals surface area contributed by atoms with Gasteiger partial charge in [0.1, 0.15) is 0 Å². The molecule has 1 fully saturated rings. The minimum absolute atomic E-state index is 0.00338. The number of ketones is 1. The van der Waals surface area contributed by atoms with Crippen molar-refractivity contribution in [3.8, 4) is 0 Å². The second-order valence-electron chi connectivity index (χ2n) is 6.88. The van der Waals surface area contributed by atoms with Gasteiger partial charge in [0.25, 0.3) is 0 Å². The highest BCUT2D eigenvalue weighted by molar-refractivity contribution is 7.98. The highest BCUT2D eigenvalue weighted by Gasteiger charge is 2.21. The maximum Gasteiger partial charge on any atom is 0.335 e. The van der Waals surface area contributed by atoms with Crippen LogP contribution in [0.15, 0.2) is 41.3 Å². The molecule has 0 aliphatic carbocycles. The molecule has 3 N–H and O–H groups in total. The lowest BCUT2D eigenvalue weighted by molar-refractivity contribution is 0.0269. The van der Waals surface area contributed by atoms with Gasteiger partial charge in [-0.15, -0.1) is 11.8 Å². The number of hydrogen-bond acceptors (Lipinski definition) is 6. The van der Waals surface area contributed by atoms with E-state index >= 15 is 0 Å². The van der Waals surface area contributed by atoms with Gasteiger partial charge in [-0.3, -0.25) is 4.79 Å². The number of morpholine rings is 1. The van der Waals surface area contributed by atoms with Crippen LogP contribution >= 0.6 is 11.8 Å². The third-order valence-corrected chi connectivity index (χ3v) is 5.67. The number of carbonyl (C=O) groups is 3. The molecule has 1 aliphatic heterocycles. The maximum absolute atomic E-state index is 12.0. The molecule has 7 nitrogen and oxygen atoms in total. The Morgan fingerprint density at radius 3 is 2.23 bits per heavy atom. The number of aromatic carboxylic acids is 2. The van der Waals surface area contributed by atoms with E-state index in [1.165, 1.54) is 30.0 Å². The van der Waals surface area contributed by atoms with Crippen LogP contribution in [0.5, 0.6) is 0 Å². The summed E-state index contributed by atoms with van der Waals surface area (Å²) in [5, 5.41) is 20.7. The first-order valence-corrected chi connectivity index (χ1v) is 11.1. The summed E-state index contributed by atoms with van der Waals surface area (Å²) in [6.45, 7) is 5.74. The monoisotopic (exact) mass is 445 g/mol. The van der Waals surface area contributed by atoms with Gasteiger partial charge in [-0.2, -0.15) is 0 Å². The standard InChI is InChI=1S/C14H19NO2S.C9H8O4/c1-3-13(16)11-5-4-10(18-2)8-12(11)14-9-15-6-7-17-14;1-5-6(8(10)11)3-2-4-7(5)9(12)13/h4-5,8,14-15H,3,6-7,9H2,1-2H3;2-4H,1H3,(H,10,11)(H,12,13). The van der Waals surface area contributed by atoms with E-state index in [0.29, 0.717) is 13.0 Å². The van der Waals surface area contributed by atoms with Gasteiger partial charge in [0.15, 0.2) is 5.78 Å². The van der Waals surface area contributed by atoms with Crippen LogP contribution in [0, 0.1) is 6.92 Å². The maximum atomic E-state index is 12.0. The summed E-state index contributed by atoms with van der Waals surface area (Å²) in [6, 6.07) is 10.2. The van der Waals surface area contributed by atoms with Crippen LogP contribution in [0.3, 0.4) is 0 Å². The molecule has 166 valence electrons. The van der Waals surface area contributed by atoms with Crippen LogP contribution < -0.4 is 5.32 Å². The quantitative estimate of drug-likeness (QED) is 0.451. The van der Waals surface area contributed by atoms with E-state index in [1.54, 1.807) is 11.8 Å². The molecule has 1 atom stereocenters. The number of carboxylic acid groups (broad SMARTS) is 2. The van der Waals surface area contributed by atoms with Crippen molar-refractivity contribution < 1.29 is 29.3 Å². The summed E-state index contributed by atoms with van der Waals surface area (Å²) >= 11 is 1.69. The zero-order valence-corrected chi connectivity index (χ0v) is 18.6. The van der Waals surface area contributed by atoms with E-state index in [1.807, 2.05) is 25.3 Å². The Kier molecular flexibility index (Phi) is 9.23. The van der Waals surface area contributed by atoms with Crippen LogP contribution in [0.1, 0.15) is 61.6 Å².